The molecule has 2 aliphatic carbocycles. The van der Waals surface area contributed by atoms with E-state index in [1.165, 1.54) is 121 Å². The van der Waals surface area contributed by atoms with Gasteiger partial charge >= 0.3 is 0 Å². The molecule has 2 aliphatic rings. The lowest BCUT2D eigenvalue weighted by atomic mass is 9.70. The van der Waals surface area contributed by atoms with Gasteiger partial charge in [0.25, 0.3) is 0 Å². The van der Waals surface area contributed by atoms with E-state index in [9.17, 15) is 0 Å². The number of rotatable bonds is 3. The molecule has 0 saturated carbocycles. The first-order valence-electron chi connectivity index (χ1n) is 20.7. The fourth-order valence-corrected chi connectivity index (χ4v) is 11.0. The summed E-state index contributed by atoms with van der Waals surface area (Å²) in [4.78, 5) is 0. The molecule has 1 spiro atoms. The van der Waals surface area contributed by atoms with Crippen LogP contribution in [0.3, 0.4) is 0 Å². The van der Waals surface area contributed by atoms with Crippen molar-refractivity contribution in [2.45, 2.75) is 5.41 Å². The average molecular weight is 745 g/mol. The lowest BCUT2D eigenvalue weighted by molar-refractivity contribution is 0.795. The van der Waals surface area contributed by atoms with Gasteiger partial charge in [0.05, 0.1) is 5.41 Å². The summed E-state index contributed by atoms with van der Waals surface area (Å²) in [6, 6.07) is 81.8. The Balaban J connectivity index is 1.03. The minimum absolute atomic E-state index is 0.403. The van der Waals surface area contributed by atoms with Crippen molar-refractivity contribution in [3.05, 3.63) is 241 Å². The lowest BCUT2D eigenvalue weighted by Crippen LogP contribution is -2.25. The first kappa shape index (κ1) is 32.5. The van der Waals surface area contributed by atoms with Crippen LogP contribution in [0.25, 0.3) is 98.7 Å². The third-order valence-corrected chi connectivity index (χ3v) is 13.4. The van der Waals surface area contributed by atoms with E-state index in [4.69, 9.17) is 0 Å². The van der Waals surface area contributed by atoms with E-state index in [1.54, 1.807) is 0 Å². The Kier molecular flexibility index (Phi) is 6.74. The smallest absolute Gasteiger partial charge is 0.0622 e. The van der Waals surface area contributed by atoms with Crippen molar-refractivity contribution in [2.24, 2.45) is 0 Å². The van der Waals surface area contributed by atoms with Crippen LogP contribution in [-0.4, -0.2) is 0 Å². The molecule has 0 amide bonds. The van der Waals surface area contributed by atoms with Crippen LogP contribution in [0.15, 0.2) is 218 Å². The molecule has 11 aromatic rings. The first-order valence-corrected chi connectivity index (χ1v) is 20.7. The Morgan fingerprint density at radius 3 is 1.44 bits per heavy atom. The number of hydrogen-bond donors (Lipinski definition) is 0. The molecule has 0 saturated heterocycles. The van der Waals surface area contributed by atoms with Crippen molar-refractivity contribution in [3.8, 4) is 55.6 Å². The molecule has 272 valence electrons. The maximum absolute atomic E-state index is 2.52. The van der Waals surface area contributed by atoms with E-state index < -0.39 is 5.41 Å². The van der Waals surface area contributed by atoms with Gasteiger partial charge in [-0.05, 0) is 145 Å². The molecule has 0 atom stereocenters. The van der Waals surface area contributed by atoms with Crippen LogP contribution in [-0.2, 0) is 5.41 Å². The number of benzene rings is 11. The summed E-state index contributed by atoms with van der Waals surface area (Å²) in [6.07, 6.45) is 0. The molecule has 0 fully saturated rings. The largest absolute Gasteiger partial charge is 0.0725 e. The first-order chi connectivity index (χ1) is 29.3. The highest BCUT2D eigenvalue weighted by Gasteiger charge is 2.52. The minimum Gasteiger partial charge on any atom is -0.0622 e. The summed E-state index contributed by atoms with van der Waals surface area (Å²) in [6.45, 7) is 0. The van der Waals surface area contributed by atoms with Gasteiger partial charge < -0.3 is 0 Å². The Hall–Kier alpha value is -7.54. The highest BCUT2D eigenvalue weighted by Crippen LogP contribution is 2.64. The summed E-state index contributed by atoms with van der Waals surface area (Å²) in [7, 11) is 0. The summed E-state index contributed by atoms with van der Waals surface area (Å²) in [5, 5.41) is 10.2. The van der Waals surface area contributed by atoms with Crippen molar-refractivity contribution in [1.82, 2.24) is 0 Å². The van der Waals surface area contributed by atoms with Crippen LogP contribution in [0.4, 0.5) is 0 Å². The zero-order chi connectivity index (χ0) is 38.7. The van der Waals surface area contributed by atoms with Crippen molar-refractivity contribution in [3.63, 3.8) is 0 Å². The van der Waals surface area contributed by atoms with Gasteiger partial charge in [0.15, 0.2) is 0 Å². The molecule has 0 aromatic heterocycles. The predicted octanol–water partition coefficient (Wildman–Crippen LogP) is 15.6. The van der Waals surface area contributed by atoms with Crippen molar-refractivity contribution in [2.75, 3.05) is 0 Å². The monoisotopic (exact) mass is 744 g/mol. The molecular weight excluding hydrogens is 709 g/mol. The van der Waals surface area contributed by atoms with E-state index in [1.807, 2.05) is 0 Å². The summed E-state index contributed by atoms with van der Waals surface area (Å²) < 4.78 is 0. The van der Waals surface area contributed by atoms with E-state index in [-0.39, 0.29) is 0 Å². The highest BCUT2D eigenvalue weighted by molar-refractivity contribution is 6.21. The normalized spacial score (nSPS) is 13.2. The molecule has 59 heavy (non-hydrogen) atoms. The molecule has 0 radical (unpaired) electrons. The Morgan fingerprint density at radius 1 is 0.220 bits per heavy atom. The topological polar surface area (TPSA) is 0 Å². The average Bonchev–Trinajstić information content (AvgIpc) is 3.77. The van der Waals surface area contributed by atoms with Crippen molar-refractivity contribution >= 4 is 43.1 Å². The van der Waals surface area contributed by atoms with Gasteiger partial charge in [0, 0.05) is 0 Å². The molecule has 0 N–H and O–H groups in total. The maximum Gasteiger partial charge on any atom is 0.0725 e. The molecule has 0 heterocycles. The van der Waals surface area contributed by atoms with Crippen molar-refractivity contribution in [1.29, 1.82) is 0 Å². The van der Waals surface area contributed by atoms with E-state index in [0.717, 1.165) is 0 Å². The molecule has 0 nitrogen and oxygen atoms in total. The van der Waals surface area contributed by atoms with Crippen LogP contribution in [0.5, 0.6) is 0 Å². The third-order valence-electron chi connectivity index (χ3n) is 13.4. The van der Waals surface area contributed by atoms with Gasteiger partial charge in [-0.15, -0.1) is 0 Å². The molecular formula is C59H36. The molecule has 0 heteroatoms. The van der Waals surface area contributed by atoms with Crippen LogP contribution >= 0.6 is 0 Å². The number of fused-ring (bicyclic) bond motifs is 15. The van der Waals surface area contributed by atoms with E-state index in [2.05, 4.69) is 218 Å². The highest BCUT2D eigenvalue weighted by atomic mass is 14.5. The Morgan fingerprint density at radius 2 is 0.746 bits per heavy atom. The zero-order valence-electron chi connectivity index (χ0n) is 32.3. The molecule has 11 aromatic carbocycles. The van der Waals surface area contributed by atoms with Crippen LogP contribution in [0, 0.1) is 0 Å². The van der Waals surface area contributed by atoms with Gasteiger partial charge in [0.2, 0.25) is 0 Å². The van der Waals surface area contributed by atoms with Gasteiger partial charge in [-0.3, -0.25) is 0 Å². The second-order valence-corrected chi connectivity index (χ2v) is 16.3. The fraction of sp³-hybridized carbons (Fsp3) is 0.0169. The Labute approximate surface area is 343 Å². The standard InChI is InChI=1S/C59H36/c1-2-16-38(17-3-1)56-47-23-6-8-25-49(47)57(50-26-9-7-24-48(50)56)42-19-14-18-39(33-42)40-29-30-41-35-51-55(36-43(41)34-40)59(54-32-31-37-15-4-5-20-44(37)58(51)54)52-27-12-10-21-45(52)46-22-11-13-28-53(46)59/h1-36H. The second kappa shape index (κ2) is 12.2. The molecule has 0 aliphatic heterocycles. The third kappa shape index (κ3) is 4.43. The van der Waals surface area contributed by atoms with Crippen LogP contribution in [0.2, 0.25) is 0 Å². The molecule has 0 unspecified atom stereocenters. The Bertz CT molecular complexity index is 3450. The quantitative estimate of drug-likeness (QED) is 0.158. The van der Waals surface area contributed by atoms with Gasteiger partial charge in [-0.25, -0.2) is 0 Å². The van der Waals surface area contributed by atoms with Gasteiger partial charge in [-0.1, -0.05) is 194 Å². The van der Waals surface area contributed by atoms with E-state index >= 15 is 0 Å². The van der Waals surface area contributed by atoms with Gasteiger partial charge in [-0.2, -0.15) is 0 Å². The summed E-state index contributed by atoms with van der Waals surface area (Å²) in [5.41, 5.74) is 17.9. The maximum atomic E-state index is 2.52. The van der Waals surface area contributed by atoms with E-state index in [0.29, 0.717) is 0 Å². The number of hydrogen-bond acceptors (Lipinski definition) is 0. The predicted molar refractivity (Wildman–Crippen MR) is 249 cm³/mol. The SMILES string of the molecule is c1ccc(-c2c3ccccc3c(-c3cccc(-c4ccc5cc6c(cc5c4)C4(c5ccccc5-c5ccccc54)c4ccc5ccccc5c4-6)c3)c3ccccc23)cc1. The van der Waals surface area contributed by atoms with Crippen molar-refractivity contribution < 1.29 is 0 Å². The fourth-order valence-electron chi connectivity index (χ4n) is 11.0. The summed E-state index contributed by atoms with van der Waals surface area (Å²) >= 11 is 0. The lowest BCUT2D eigenvalue weighted by Gasteiger charge is -2.30. The summed E-state index contributed by atoms with van der Waals surface area (Å²) in [5.74, 6) is 0. The molecule has 13 rings (SSSR count). The second-order valence-electron chi connectivity index (χ2n) is 16.3. The van der Waals surface area contributed by atoms with Crippen LogP contribution in [0.1, 0.15) is 22.3 Å². The zero-order valence-corrected chi connectivity index (χ0v) is 32.3. The van der Waals surface area contributed by atoms with Crippen LogP contribution < -0.4 is 0 Å². The molecule has 0 bridgehead atoms. The minimum atomic E-state index is -0.403. The van der Waals surface area contributed by atoms with Gasteiger partial charge in [0.1, 0.15) is 0 Å².